The number of hydrogen-bond acceptors (Lipinski definition) is 3. The van der Waals surface area contributed by atoms with E-state index in [1.807, 2.05) is 32.9 Å². The van der Waals surface area contributed by atoms with E-state index in [2.05, 4.69) is 28.2 Å². The molecule has 1 aliphatic rings. The first kappa shape index (κ1) is 25.0. The average Bonchev–Trinajstić information content (AvgIpc) is 2.84. The Morgan fingerprint density at radius 2 is 1.57 bits per heavy atom. The number of aryl methyl sites for hydroxylation is 5. The summed E-state index contributed by atoms with van der Waals surface area (Å²) < 4.78 is 29.0. The van der Waals surface area contributed by atoms with Gasteiger partial charge >= 0.3 is 0 Å². The summed E-state index contributed by atoms with van der Waals surface area (Å²) >= 11 is 0. The number of sulfonamides is 1. The van der Waals surface area contributed by atoms with Crippen molar-refractivity contribution in [3.05, 3.63) is 93.5 Å². The van der Waals surface area contributed by atoms with Crippen LogP contribution in [0.3, 0.4) is 0 Å². The highest BCUT2D eigenvalue weighted by molar-refractivity contribution is 7.92. The monoisotopic (exact) mass is 490 g/mol. The van der Waals surface area contributed by atoms with Crippen molar-refractivity contribution < 1.29 is 13.2 Å². The van der Waals surface area contributed by atoms with E-state index in [4.69, 9.17) is 0 Å². The smallest absolute Gasteiger partial charge is 0.262 e. The van der Waals surface area contributed by atoms with Crippen LogP contribution in [0.2, 0.25) is 0 Å². The minimum Gasteiger partial charge on any atom is -0.345 e. The predicted molar refractivity (Wildman–Crippen MR) is 141 cm³/mol. The SMILES string of the molecule is CCC(NC(=O)c1ccc(C)c(S(=O)(=O)Nc2ccc(C)c(C)c2)c1)c1ccc2c(c1)CCCC2. The minimum absolute atomic E-state index is 0.102. The number of carbonyl (C=O) groups is 1. The maximum Gasteiger partial charge on any atom is 0.262 e. The maximum absolute atomic E-state index is 13.2. The van der Waals surface area contributed by atoms with Crippen molar-refractivity contribution in [1.29, 1.82) is 0 Å². The lowest BCUT2D eigenvalue weighted by molar-refractivity contribution is 0.0935. The molecule has 0 radical (unpaired) electrons. The summed E-state index contributed by atoms with van der Waals surface area (Å²) in [6.07, 6.45) is 5.39. The molecule has 0 saturated heterocycles. The third-order valence-corrected chi connectivity index (χ3v) is 8.51. The third kappa shape index (κ3) is 5.59. The largest absolute Gasteiger partial charge is 0.345 e. The summed E-state index contributed by atoms with van der Waals surface area (Å²) in [5.74, 6) is -0.280. The van der Waals surface area contributed by atoms with E-state index < -0.39 is 10.0 Å². The second kappa shape index (κ2) is 10.2. The number of anilines is 1. The molecule has 184 valence electrons. The molecule has 0 saturated carbocycles. The topological polar surface area (TPSA) is 75.3 Å². The molecule has 1 atom stereocenters. The van der Waals surface area contributed by atoms with Crippen LogP contribution in [0.15, 0.2) is 59.5 Å². The van der Waals surface area contributed by atoms with E-state index in [-0.39, 0.29) is 16.8 Å². The van der Waals surface area contributed by atoms with Gasteiger partial charge < -0.3 is 5.32 Å². The van der Waals surface area contributed by atoms with E-state index in [0.29, 0.717) is 16.8 Å². The first-order chi connectivity index (χ1) is 16.7. The third-order valence-electron chi connectivity index (χ3n) is 6.99. The Hall–Kier alpha value is -3.12. The Morgan fingerprint density at radius 3 is 2.29 bits per heavy atom. The lowest BCUT2D eigenvalue weighted by atomic mass is 9.88. The molecule has 0 heterocycles. The molecule has 1 aliphatic carbocycles. The van der Waals surface area contributed by atoms with Crippen LogP contribution >= 0.6 is 0 Å². The quantitative estimate of drug-likeness (QED) is 0.416. The minimum atomic E-state index is -3.86. The number of nitrogens with one attached hydrogen (secondary N) is 2. The van der Waals surface area contributed by atoms with Crippen LogP contribution in [-0.2, 0) is 22.9 Å². The fraction of sp³-hybridized carbons (Fsp3) is 0.345. The van der Waals surface area contributed by atoms with Crippen LogP contribution in [0.5, 0.6) is 0 Å². The summed E-state index contributed by atoms with van der Waals surface area (Å²) in [5.41, 5.74) is 7.38. The van der Waals surface area contributed by atoms with Crippen LogP contribution in [0.1, 0.15) is 76.0 Å². The Morgan fingerprint density at radius 1 is 0.857 bits per heavy atom. The van der Waals surface area contributed by atoms with Crippen molar-refractivity contribution in [2.24, 2.45) is 0 Å². The Labute approximate surface area is 209 Å². The van der Waals surface area contributed by atoms with Gasteiger partial charge in [-0.05, 0) is 111 Å². The van der Waals surface area contributed by atoms with Crippen molar-refractivity contribution in [3.63, 3.8) is 0 Å². The summed E-state index contributed by atoms with van der Waals surface area (Å²) in [5, 5.41) is 3.11. The summed E-state index contributed by atoms with van der Waals surface area (Å²) in [7, 11) is -3.86. The first-order valence-electron chi connectivity index (χ1n) is 12.3. The van der Waals surface area contributed by atoms with E-state index in [9.17, 15) is 13.2 Å². The van der Waals surface area contributed by atoms with Gasteiger partial charge in [0.2, 0.25) is 0 Å². The number of amides is 1. The maximum atomic E-state index is 13.2. The van der Waals surface area contributed by atoms with E-state index in [1.54, 1.807) is 25.1 Å². The molecule has 1 unspecified atom stereocenters. The summed E-state index contributed by atoms with van der Waals surface area (Å²) in [6, 6.07) is 16.7. The number of hydrogen-bond donors (Lipinski definition) is 2. The number of fused-ring (bicyclic) bond motifs is 1. The second-order valence-corrected chi connectivity index (χ2v) is 11.2. The molecular formula is C29H34N2O3S. The second-order valence-electron chi connectivity index (χ2n) is 9.55. The van der Waals surface area contributed by atoms with Gasteiger partial charge in [-0.3, -0.25) is 9.52 Å². The van der Waals surface area contributed by atoms with Crippen LogP contribution < -0.4 is 10.0 Å². The Balaban J connectivity index is 1.56. The van der Waals surface area contributed by atoms with Crippen molar-refractivity contribution in [3.8, 4) is 0 Å². The molecule has 3 aromatic carbocycles. The van der Waals surface area contributed by atoms with Gasteiger partial charge in [0.05, 0.1) is 10.9 Å². The normalized spacial score (nSPS) is 14.2. The lowest BCUT2D eigenvalue weighted by Gasteiger charge is -2.22. The van der Waals surface area contributed by atoms with Crippen LogP contribution in [0.4, 0.5) is 5.69 Å². The van der Waals surface area contributed by atoms with Crippen molar-refractivity contribution in [1.82, 2.24) is 5.32 Å². The van der Waals surface area contributed by atoms with Gasteiger partial charge in [-0.25, -0.2) is 8.42 Å². The molecule has 0 aromatic heterocycles. The molecule has 3 aromatic rings. The van der Waals surface area contributed by atoms with Crippen LogP contribution in [0, 0.1) is 20.8 Å². The Bertz CT molecular complexity index is 1360. The number of carbonyl (C=O) groups excluding carboxylic acids is 1. The highest BCUT2D eigenvalue weighted by Gasteiger charge is 2.22. The fourth-order valence-corrected chi connectivity index (χ4v) is 6.00. The molecule has 4 rings (SSSR count). The van der Waals surface area contributed by atoms with Gasteiger partial charge in [0.25, 0.3) is 15.9 Å². The van der Waals surface area contributed by atoms with E-state index >= 15 is 0 Å². The molecule has 1 amide bonds. The molecule has 0 spiro atoms. The number of rotatable bonds is 7. The highest BCUT2D eigenvalue weighted by atomic mass is 32.2. The summed E-state index contributed by atoms with van der Waals surface area (Å²) in [4.78, 5) is 13.3. The van der Waals surface area contributed by atoms with Gasteiger partial charge in [0, 0.05) is 11.3 Å². The van der Waals surface area contributed by atoms with Crippen molar-refractivity contribution in [2.45, 2.75) is 70.7 Å². The molecule has 0 aliphatic heterocycles. The fourth-order valence-electron chi connectivity index (χ4n) is 4.68. The highest BCUT2D eigenvalue weighted by Crippen LogP contribution is 2.27. The zero-order valence-corrected chi connectivity index (χ0v) is 21.8. The van der Waals surface area contributed by atoms with Gasteiger partial charge in [-0.2, -0.15) is 0 Å². The molecule has 0 bridgehead atoms. The van der Waals surface area contributed by atoms with Crippen molar-refractivity contribution in [2.75, 3.05) is 4.72 Å². The molecule has 5 nitrogen and oxygen atoms in total. The van der Waals surface area contributed by atoms with E-state index in [0.717, 1.165) is 36.0 Å². The van der Waals surface area contributed by atoms with Gasteiger partial charge in [-0.1, -0.05) is 37.3 Å². The van der Waals surface area contributed by atoms with E-state index in [1.165, 1.54) is 30.0 Å². The number of benzene rings is 3. The Kier molecular flexibility index (Phi) is 7.31. The van der Waals surface area contributed by atoms with Gasteiger partial charge in [0.15, 0.2) is 0 Å². The van der Waals surface area contributed by atoms with Crippen molar-refractivity contribution >= 4 is 21.6 Å². The van der Waals surface area contributed by atoms with Gasteiger partial charge in [-0.15, -0.1) is 0 Å². The molecule has 0 fully saturated rings. The van der Waals surface area contributed by atoms with Gasteiger partial charge in [0.1, 0.15) is 0 Å². The lowest BCUT2D eigenvalue weighted by Crippen LogP contribution is -2.28. The van der Waals surface area contributed by atoms with Crippen LogP contribution in [0.25, 0.3) is 0 Å². The zero-order chi connectivity index (χ0) is 25.2. The average molecular weight is 491 g/mol. The molecule has 2 N–H and O–H groups in total. The standard InChI is InChI=1S/C29H34N2O3S/c1-5-27(24-14-13-22-8-6-7-9-23(22)17-24)30-29(32)25-12-10-20(3)28(18-25)35(33,34)31-26-15-11-19(2)21(4)16-26/h10-18,27,31H,5-9H2,1-4H3,(H,30,32). The zero-order valence-electron chi connectivity index (χ0n) is 20.9. The summed E-state index contributed by atoms with van der Waals surface area (Å²) in [6.45, 7) is 7.70. The molecule has 6 heteroatoms. The predicted octanol–water partition coefficient (Wildman–Crippen LogP) is 6.17. The first-order valence-corrected chi connectivity index (χ1v) is 13.8. The molecule has 35 heavy (non-hydrogen) atoms. The molecular weight excluding hydrogens is 456 g/mol. The van der Waals surface area contributed by atoms with Crippen LogP contribution in [-0.4, -0.2) is 14.3 Å².